The van der Waals surface area contributed by atoms with Gasteiger partial charge in [0.1, 0.15) is 0 Å². The molecule has 1 aliphatic heterocycles. The smallest absolute Gasteiger partial charge is 0.251 e. The van der Waals surface area contributed by atoms with Gasteiger partial charge in [0, 0.05) is 25.2 Å². The Morgan fingerprint density at radius 1 is 1.12 bits per heavy atom. The van der Waals surface area contributed by atoms with Crippen LogP contribution in [0.1, 0.15) is 40.9 Å². The summed E-state index contributed by atoms with van der Waals surface area (Å²) in [5.41, 5.74) is 4.29. The van der Waals surface area contributed by atoms with Crippen LogP contribution in [0.5, 0.6) is 11.5 Å². The summed E-state index contributed by atoms with van der Waals surface area (Å²) < 4.78 is 11.0. The van der Waals surface area contributed by atoms with E-state index >= 15 is 0 Å². The highest BCUT2D eigenvalue weighted by Gasteiger charge is 2.13. The Morgan fingerprint density at radius 3 is 2.62 bits per heavy atom. The number of hydrogen-bond acceptors (Lipinski definition) is 4. The molecule has 1 heterocycles. The lowest BCUT2D eigenvalue weighted by Crippen LogP contribution is -2.23. The van der Waals surface area contributed by atoms with Gasteiger partial charge in [0.05, 0.1) is 13.2 Å². The average Bonchev–Trinajstić information content (AvgIpc) is 3.07. The zero-order chi connectivity index (χ0) is 17.8. The number of nitrogens with one attached hydrogen (secondary N) is 2. The molecule has 0 radical (unpaired) electrons. The van der Waals surface area contributed by atoms with Crippen LogP contribution in [0.2, 0.25) is 0 Å². The normalized spacial score (nSPS) is 12.3. The molecule has 0 aromatic heterocycles. The molecule has 6 heteroatoms. The fourth-order valence-electron chi connectivity index (χ4n) is 2.90. The summed E-state index contributed by atoms with van der Waals surface area (Å²) >= 11 is 0. The Labute approximate surface area is 160 Å². The maximum atomic E-state index is 12.4. The molecule has 3 rings (SSSR count). The molecule has 1 amide bonds. The van der Waals surface area contributed by atoms with Crippen LogP contribution in [0.4, 0.5) is 0 Å². The quantitative estimate of drug-likeness (QED) is 0.810. The molecule has 0 saturated heterocycles. The zero-order valence-corrected chi connectivity index (χ0v) is 16.1. The predicted molar refractivity (Wildman–Crippen MR) is 104 cm³/mol. The van der Waals surface area contributed by atoms with E-state index in [0.717, 1.165) is 18.7 Å². The molecular weight excluding hydrogens is 352 g/mol. The van der Waals surface area contributed by atoms with Crippen LogP contribution >= 0.6 is 12.4 Å². The van der Waals surface area contributed by atoms with Crippen molar-refractivity contribution < 1.29 is 14.3 Å². The second-order valence-corrected chi connectivity index (χ2v) is 6.42. The molecule has 140 valence electrons. The minimum atomic E-state index is -0.131. The molecule has 1 aliphatic rings. The highest BCUT2D eigenvalue weighted by molar-refractivity contribution is 5.94. The van der Waals surface area contributed by atoms with Gasteiger partial charge in [-0.15, -0.1) is 12.4 Å². The highest BCUT2D eigenvalue weighted by atomic mass is 35.5. The van der Waals surface area contributed by atoms with Gasteiger partial charge in [-0.25, -0.2) is 0 Å². The lowest BCUT2D eigenvalue weighted by Gasteiger charge is -2.14. The maximum Gasteiger partial charge on any atom is 0.251 e. The molecule has 0 saturated carbocycles. The second kappa shape index (κ2) is 8.92. The Hall–Kier alpha value is -2.24. The number of amides is 1. The van der Waals surface area contributed by atoms with Gasteiger partial charge >= 0.3 is 0 Å². The van der Waals surface area contributed by atoms with Gasteiger partial charge in [0.15, 0.2) is 11.5 Å². The van der Waals surface area contributed by atoms with Crippen LogP contribution in [0, 0.1) is 0 Å². The number of benzene rings is 2. The number of methoxy groups -OCH3 is 1. The lowest BCUT2D eigenvalue weighted by molar-refractivity contribution is 0.0950. The van der Waals surface area contributed by atoms with E-state index in [1.165, 1.54) is 11.1 Å². The standard InChI is InChI=1S/C20H24N2O3.ClH/c1-13(2)25-18-7-6-15(9-19(18)24-3)20(23)22-10-14-4-5-16-11-21-12-17(16)8-14;/h4-9,13,21H,10-12H2,1-3H3,(H,22,23);1H. The van der Waals surface area contributed by atoms with Crippen molar-refractivity contribution in [3.63, 3.8) is 0 Å². The van der Waals surface area contributed by atoms with E-state index in [9.17, 15) is 4.79 Å². The minimum Gasteiger partial charge on any atom is -0.493 e. The Bertz CT molecular complexity index is 778. The number of carbonyl (C=O) groups is 1. The summed E-state index contributed by atoms with van der Waals surface area (Å²) in [5.74, 6) is 1.07. The molecule has 2 N–H and O–H groups in total. The monoisotopic (exact) mass is 376 g/mol. The first-order valence-corrected chi connectivity index (χ1v) is 8.51. The number of rotatable bonds is 6. The molecule has 5 nitrogen and oxygen atoms in total. The molecule has 2 aromatic rings. The number of hydrogen-bond donors (Lipinski definition) is 2. The van der Waals surface area contributed by atoms with E-state index in [1.807, 2.05) is 13.8 Å². The third-order valence-corrected chi connectivity index (χ3v) is 4.14. The first-order chi connectivity index (χ1) is 12.1. The lowest BCUT2D eigenvalue weighted by atomic mass is 10.1. The molecule has 0 spiro atoms. The number of ether oxygens (including phenoxy) is 2. The summed E-state index contributed by atoms with van der Waals surface area (Å²) in [4.78, 5) is 12.4. The van der Waals surface area contributed by atoms with Crippen LogP contribution in [-0.2, 0) is 19.6 Å². The number of carbonyl (C=O) groups excluding carboxylic acids is 1. The first-order valence-electron chi connectivity index (χ1n) is 8.51. The summed E-state index contributed by atoms with van der Waals surface area (Å²) in [7, 11) is 1.57. The van der Waals surface area contributed by atoms with Gasteiger partial charge in [-0.2, -0.15) is 0 Å². The van der Waals surface area contributed by atoms with E-state index in [1.54, 1.807) is 25.3 Å². The fraction of sp³-hybridized carbons (Fsp3) is 0.350. The zero-order valence-electron chi connectivity index (χ0n) is 15.3. The number of halogens is 1. The summed E-state index contributed by atoms with van der Waals surface area (Å²) in [6, 6.07) is 11.6. The van der Waals surface area contributed by atoms with Gasteiger partial charge in [0.25, 0.3) is 5.91 Å². The van der Waals surface area contributed by atoms with E-state index < -0.39 is 0 Å². The molecule has 0 aliphatic carbocycles. The Balaban J connectivity index is 0.00000243. The fourth-order valence-corrected chi connectivity index (χ4v) is 2.90. The molecule has 2 aromatic carbocycles. The van der Waals surface area contributed by atoms with Crippen LogP contribution in [0.15, 0.2) is 36.4 Å². The molecule has 0 bridgehead atoms. The van der Waals surface area contributed by atoms with Crippen molar-refractivity contribution >= 4 is 18.3 Å². The molecule has 0 atom stereocenters. The van der Waals surface area contributed by atoms with Crippen molar-refractivity contribution in [2.45, 2.75) is 39.6 Å². The van der Waals surface area contributed by atoms with Crippen molar-refractivity contribution in [2.75, 3.05) is 7.11 Å². The molecular formula is C20H25ClN2O3. The largest absolute Gasteiger partial charge is 0.493 e. The van der Waals surface area contributed by atoms with Crippen molar-refractivity contribution in [2.24, 2.45) is 0 Å². The highest BCUT2D eigenvalue weighted by Crippen LogP contribution is 2.29. The summed E-state index contributed by atoms with van der Waals surface area (Å²) in [6.45, 7) is 6.22. The Kier molecular flexibility index (Phi) is 6.89. The van der Waals surface area contributed by atoms with Crippen molar-refractivity contribution in [3.05, 3.63) is 58.7 Å². The third-order valence-electron chi connectivity index (χ3n) is 4.14. The average molecular weight is 377 g/mol. The van der Waals surface area contributed by atoms with Gasteiger partial charge in [-0.05, 0) is 48.7 Å². The van der Waals surface area contributed by atoms with Gasteiger partial charge in [-0.3, -0.25) is 4.79 Å². The number of fused-ring (bicyclic) bond motifs is 1. The topological polar surface area (TPSA) is 59.6 Å². The Morgan fingerprint density at radius 2 is 1.88 bits per heavy atom. The first kappa shape index (κ1) is 20.1. The SMILES string of the molecule is COc1cc(C(=O)NCc2ccc3c(c2)CNC3)ccc1OC(C)C.Cl. The van der Waals surface area contributed by atoms with E-state index in [4.69, 9.17) is 9.47 Å². The third kappa shape index (κ3) is 4.68. The van der Waals surface area contributed by atoms with E-state index in [2.05, 4.69) is 28.8 Å². The van der Waals surface area contributed by atoms with E-state index in [-0.39, 0.29) is 24.4 Å². The maximum absolute atomic E-state index is 12.4. The summed E-state index contributed by atoms with van der Waals surface area (Å²) in [5, 5.41) is 6.29. The summed E-state index contributed by atoms with van der Waals surface area (Å²) in [6.07, 6.45) is 0.0443. The molecule has 26 heavy (non-hydrogen) atoms. The van der Waals surface area contributed by atoms with Gasteiger partial charge < -0.3 is 20.1 Å². The van der Waals surface area contributed by atoms with Gasteiger partial charge in [0.2, 0.25) is 0 Å². The van der Waals surface area contributed by atoms with Crippen LogP contribution in [0.25, 0.3) is 0 Å². The van der Waals surface area contributed by atoms with Crippen LogP contribution in [0.3, 0.4) is 0 Å². The van der Waals surface area contributed by atoms with Crippen molar-refractivity contribution in [1.82, 2.24) is 10.6 Å². The molecule has 0 unspecified atom stereocenters. The minimum absolute atomic E-state index is 0. The van der Waals surface area contributed by atoms with Crippen molar-refractivity contribution in [1.29, 1.82) is 0 Å². The van der Waals surface area contributed by atoms with Crippen LogP contribution < -0.4 is 20.1 Å². The van der Waals surface area contributed by atoms with Gasteiger partial charge in [-0.1, -0.05) is 18.2 Å². The predicted octanol–water partition coefficient (Wildman–Crippen LogP) is 3.44. The van der Waals surface area contributed by atoms with Crippen molar-refractivity contribution in [3.8, 4) is 11.5 Å². The second-order valence-electron chi connectivity index (χ2n) is 6.42. The van der Waals surface area contributed by atoms with E-state index in [0.29, 0.717) is 23.6 Å². The van der Waals surface area contributed by atoms with Crippen LogP contribution in [-0.4, -0.2) is 19.1 Å². The molecule has 0 fully saturated rings.